The number of ether oxygens (including phenoxy) is 1. The predicted molar refractivity (Wildman–Crippen MR) is 70.1 cm³/mol. The van der Waals surface area contributed by atoms with Gasteiger partial charge in [-0.3, -0.25) is 9.69 Å². The van der Waals surface area contributed by atoms with Gasteiger partial charge in [-0.05, 0) is 13.3 Å². The maximum atomic E-state index is 11.4. The fourth-order valence-electron chi connectivity index (χ4n) is 1.70. The molecule has 0 atom stereocenters. The van der Waals surface area contributed by atoms with E-state index in [-0.39, 0.29) is 5.97 Å². The molecule has 1 heterocycles. The molecule has 0 aromatic carbocycles. The lowest BCUT2D eigenvalue weighted by molar-refractivity contribution is -0.144. The first kappa shape index (κ1) is 14.4. The average molecular weight is 251 g/mol. The summed E-state index contributed by atoms with van der Waals surface area (Å²) < 4.78 is 6.97. The highest BCUT2D eigenvalue weighted by Crippen LogP contribution is 1.97. The maximum Gasteiger partial charge on any atom is 0.320 e. The highest BCUT2D eigenvalue weighted by Gasteiger charge is 2.09. The van der Waals surface area contributed by atoms with Gasteiger partial charge in [-0.15, -0.1) is 6.58 Å². The van der Waals surface area contributed by atoms with E-state index in [0.29, 0.717) is 19.7 Å². The normalized spacial score (nSPS) is 10.6. The van der Waals surface area contributed by atoms with E-state index in [1.807, 2.05) is 22.6 Å². The molecule has 1 rings (SSSR count). The number of aromatic nitrogens is 2. The summed E-state index contributed by atoms with van der Waals surface area (Å²) in [7, 11) is 0. The first-order valence-corrected chi connectivity index (χ1v) is 6.21. The highest BCUT2D eigenvalue weighted by atomic mass is 16.5. The molecule has 0 amide bonds. The fraction of sp³-hybridized carbons (Fsp3) is 0.538. The van der Waals surface area contributed by atoms with Crippen molar-refractivity contribution in [1.82, 2.24) is 14.5 Å². The summed E-state index contributed by atoms with van der Waals surface area (Å²) in [6.07, 6.45) is 8.26. The summed E-state index contributed by atoms with van der Waals surface area (Å²) in [6.45, 7) is 8.70. The quantitative estimate of drug-likeness (QED) is 0.490. The van der Waals surface area contributed by atoms with Crippen LogP contribution in [0.3, 0.4) is 0 Å². The number of carbonyl (C=O) groups excluding carboxylic acids is 1. The van der Waals surface area contributed by atoms with Crippen LogP contribution < -0.4 is 0 Å². The number of carbonyl (C=O) groups is 1. The number of aryl methyl sites for hydroxylation is 1. The summed E-state index contributed by atoms with van der Waals surface area (Å²) in [5.41, 5.74) is 0. The van der Waals surface area contributed by atoms with Crippen LogP contribution in [-0.4, -0.2) is 46.7 Å². The van der Waals surface area contributed by atoms with Crippen molar-refractivity contribution >= 4 is 5.97 Å². The molecule has 1 aromatic heterocycles. The van der Waals surface area contributed by atoms with Crippen LogP contribution in [0.4, 0.5) is 0 Å². The molecule has 1 aromatic rings. The molecule has 0 saturated carbocycles. The predicted octanol–water partition coefficient (Wildman–Crippen LogP) is 1.32. The lowest BCUT2D eigenvalue weighted by Crippen LogP contribution is -2.32. The Balaban J connectivity index is 2.28. The number of esters is 1. The molecule has 0 aliphatic heterocycles. The Labute approximate surface area is 108 Å². The van der Waals surface area contributed by atoms with Gasteiger partial charge in [0.2, 0.25) is 0 Å². The van der Waals surface area contributed by atoms with E-state index >= 15 is 0 Å². The molecular weight excluding hydrogens is 230 g/mol. The van der Waals surface area contributed by atoms with E-state index in [2.05, 4.69) is 11.6 Å². The van der Waals surface area contributed by atoms with Gasteiger partial charge in [-0.1, -0.05) is 6.08 Å². The zero-order valence-electron chi connectivity index (χ0n) is 10.9. The van der Waals surface area contributed by atoms with Crippen LogP contribution in [0.5, 0.6) is 0 Å². The van der Waals surface area contributed by atoms with Gasteiger partial charge in [0.15, 0.2) is 0 Å². The van der Waals surface area contributed by atoms with Gasteiger partial charge in [0.25, 0.3) is 0 Å². The zero-order chi connectivity index (χ0) is 13.2. The smallest absolute Gasteiger partial charge is 0.320 e. The molecule has 0 fully saturated rings. The van der Waals surface area contributed by atoms with Crippen molar-refractivity contribution in [2.45, 2.75) is 19.9 Å². The number of imidazole rings is 1. The topological polar surface area (TPSA) is 47.4 Å². The van der Waals surface area contributed by atoms with Crippen LogP contribution in [0.1, 0.15) is 13.3 Å². The molecule has 18 heavy (non-hydrogen) atoms. The molecule has 0 radical (unpaired) electrons. The van der Waals surface area contributed by atoms with Crippen molar-refractivity contribution in [2.75, 3.05) is 26.2 Å². The fourth-order valence-corrected chi connectivity index (χ4v) is 1.70. The number of rotatable bonds is 9. The van der Waals surface area contributed by atoms with Gasteiger partial charge in [0.1, 0.15) is 0 Å². The Morgan fingerprint density at radius 3 is 3.06 bits per heavy atom. The van der Waals surface area contributed by atoms with Crippen LogP contribution in [0.15, 0.2) is 31.4 Å². The minimum Gasteiger partial charge on any atom is -0.465 e. The van der Waals surface area contributed by atoms with Gasteiger partial charge >= 0.3 is 5.97 Å². The first-order valence-electron chi connectivity index (χ1n) is 6.21. The minimum absolute atomic E-state index is 0.179. The molecule has 5 nitrogen and oxygen atoms in total. The average Bonchev–Trinajstić information content (AvgIpc) is 2.82. The van der Waals surface area contributed by atoms with E-state index in [9.17, 15) is 4.79 Å². The van der Waals surface area contributed by atoms with Crippen LogP contribution >= 0.6 is 0 Å². The lowest BCUT2D eigenvalue weighted by atomic mass is 10.3. The van der Waals surface area contributed by atoms with Crippen molar-refractivity contribution < 1.29 is 9.53 Å². The molecule has 100 valence electrons. The summed E-state index contributed by atoms with van der Waals surface area (Å²) in [5.74, 6) is -0.179. The third kappa shape index (κ3) is 5.63. The summed E-state index contributed by atoms with van der Waals surface area (Å²) in [5, 5.41) is 0. The van der Waals surface area contributed by atoms with Crippen LogP contribution in [-0.2, 0) is 16.1 Å². The SMILES string of the molecule is C=CCN(CCCn1ccnc1)CC(=O)OCC. The van der Waals surface area contributed by atoms with Crippen LogP contribution in [0.25, 0.3) is 0 Å². The summed E-state index contributed by atoms with van der Waals surface area (Å²) in [4.78, 5) is 17.4. The summed E-state index contributed by atoms with van der Waals surface area (Å²) in [6, 6.07) is 0. The largest absolute Gasteiger partial charge is 0.465 e. The molecule has 0 aliphatic carbocycles. The number of nitrogens with zero attached hydrogens (tertiary/aromatic N) is 3. The van der Waals surface area contributed by atoms with E-state index in [0.717, 1.165) is 19.5 Å². The Morgan fingerprint density at radius 2 is 2.44 bits per heavy atom. The summed E-state index contributed by atoms with van der Waals surface area (Å²) >= 11 is 0. The Kier molecular flexibility index (Phi) is 6.79. The van der Waals surface area contributed by atoms with Crippen molar-refractivity contribution in [3.05, 3.63) is 31.4 Å². The second-order valence-electron chi connectivity index (χ2n) is 3.98. The van der Waals surface area contributed by atoms with Gasteiger partial charge in [-0.2, -0.15) is 0 Å². The van der Waals surface area contributed by atoms with E-state index in [1.54, 1.807) is 18.6 Å². The minimum atomic E-state index is -0.179. The molecule has 0 unspecified atom stereocenters. The van der Waals surface area contributed by atoms with Gasteiger partial charge in [0, 0.05) is 32.0 Å². The van der Waals surface area contributed by atoms with Gasteiger partial charge < -0.3 is 9.30 Å². The van der Waals surface area contributed by atoms with Crippen molar-refractivity contribution in [1.29, 1.82) is 0 Å². The second-order valence-corrected chi connectivity index (χ2v) is 3.98. The van der Waals surface area contributed by atoms with Crippen LogP contribution in [0.2, 0.25) is 0 Å². The molecule has 0 saturated heterocycles. The van der Waals surface area contributed by atoms with Crippen LogP contribution in [0, 0.1) is 0 Å². The Hall–Kier alpha value is -1.62. The van der Waals surface area contributed by atoms with Crippen molar-refractivity contribution in [2.24, 2.45) is 0 Å². The monoisotopic (exact) mass is 251 g/mol. The lowest BCUT2D eigenvalue weighted by Gasteiger charge is -2.19. The van der Waals surface area contributed by atoms with E-state index < -0.39 is 0 Å². The Bertz CT molecular complexity index is 349. The third-order valence-electron chi connectivity index (χ3n) is 2.50. The standard InChI is InChI=1S/C13H21N3O2/c1-3-7-15(11-13(17)18-4-2)8-5-9-16-10-6-14-12-16/h3,6,10,12H,1,4-5,7-9,11H2,2H3. The van der Waals surface area contributed by atoms with Crippen molar-refractivity contribution in [3.63, 3.8) is 0 Å². The number of hydrogen-bond acceptors (Lipinski definition) is 4. The molecular formula is C13H21N3O2. The number of hydrogen-bond donors (Lipinski definition) is 0. The first-order chi connectivity index (χ1) is 8.76. The maximum absolute atomic E-state index is 11.4. The molecule has 5 heteroatoms. The third-order valence-corrected chi connectivity index (χ3v) is 2.50. The highest BCUT2D eigenvalue weighted by molar-refractivity contribution is 5.71. The van der Waals surface area contributed by atoms with Gasteiger partial charge in [-0.25, -0.2) is 4.98 Å². The van der Waals surface area contributed by atoms with E-state index in [4.69, 9.17) is 4.74 Å². The Morgan fingerprint density at radius 1 is 1.61 bits per heavy atom. The second kappa shape index (κ2) is 8.47. The molecule has 0 aliphatic rings. The zero-order valence-corrected chi connectivity index (χ0v) is 10.9. The molecule has 0 N–H and O–H groups in total. The molecule has 0 spiro atoms. The van der Waals surface area contributed by atoms with Crippen molar-refractivity contribution in [3.8, 4) is 0 Å². The van der Waals surface area contributed by atoms with Gasteiger partial charge in [0.05, 0.1) is 19.5 Å². The molecule has 0 bridgehead atoms. The van der Waals surface area contributed by atoms with E-state index in [1.165, 1.54) is 0 Å².